The molecule has 0 N–H and O–H groups in total. The quantitative estimate of drug-likeness (QED) is 0.729. The first-order valence-electron chi connectivity index (χ1n) is 5.29. The molecule has 1 aliphatic carbocycles. The number of hydrogen-bond acceptors (Lipinski definition) is 3. The Kier molecular flexibility index (Phi) is 4.40. The van der Waals surface area contributed by atoms with Crippen LogP contribution in [0.2, 0.25) is 0 Å². The van der Waals surface area contributed by atoms with Crippen molar-refractivity contribution in [1.82, 2.24) is 4.90 Å². The third-order valence-electron chi connectivity index (χ3n) is 3.08. The normalized spacial score (nSPS) is 27.0. The molecule has 0 radical (unpaired) electrons. The van der Waals surface area contributed by atoms with Crippen LogP contribution in [0.5, 0.6) is 0 Å². The minimum Gasteiger partial charge on any atom is -0.344 e. The second kappa shape index (κ2) is 5.04. The molecule has 0 aliphatic heterocycles. The monoisotopic (exact) mass is 311 g/mol. The number of carbonyl (C=O) groups excluding carboxylic acids is 1. The van der Waals surface area contributed by atoms with Gasteiger partial charge in [0.15, 0.2) is 9.84 Å². The number of carbonyl (C=O) groups is 1. The van der Waals surface area contributed by atoms with Crippen LogP contribution in [0.15, 0.2) is 0 Å². The average molecular weight is 312 g/mol. The SMILES string of the molecule is CC(C(=O)N(C)CC1CC(Br)C1)S(C)(=O)=O. The summed E-state index contributed by atoms with van der Waals surface area (Å²) >= 11 is 3.49. The Morgan fingerprint density at radius 1 is 1.50 bits per heavy atom. The van der Waals surface area contributed by atoms with E-state index >= 15 is 0 Å². The van der Waals surface area contributed by atoms with Crippen molar-refractivity contribution < 1.29 is 13.2 Å². The van der Waals surface area contributed by atoms with E-state index in [1.807, 2.05) is 0 Å². The largest absolute Gasteiger partial charge is 0.344 e. The summed E-state index contributed by atoms with van der Waals surface area (Å²) in [6, 6.07) is 0. The molecule has 1 aliphatic rings. The van der Waals surface area contributed by atoms with Crippen LogP contribution in [0.25, 0.3) is 0 Å². The summed E-state index contributed by atoms with van der Waals surface area (Å²) in [7, 11) is -1.61. The zero-order valence-electron chi connectivity index (χ0n) is 9.81. The fourth-order valence-corrected chi connectivity index (χ4v) is 3.38. The number of halogens is 1. The van der Waals surface area contributed by atoms with Gasteiger partial charge in [0.25, 0.3) is 0 Å². The summed E-state index contributed by atoms with van der Waals surface area (Å²) in [6.45, 7) is 2.10. The standard InChI is InChI=1S/C10H18BrNO3S/c1-7(16(3,14)15)10(13)12(2)6-8-4-9(11)5-8/h7-9H,4-6H2,1-3H3. The average Bonchev–Trinajstić information content (AvgIpc) is 2.11. The highest BCUT2D eigenvalue weighted by molar-refractivity contribution is 9.09. The molecule has 0 aromatic rings. The molecular weight excluding hydrogens is 294 g/mol. The van der Waals surface area contributed by atoms with Gasteiger partial charge in [0.05, 0.1) is 0 Å². The highest BCUT2D eigenvalue weighted by Crippen LogP contribution is 2.33. The van der Waals surface area contributed by atoms with Crippen LogP contribution >= 0.6 is 15.9 Å². The van der Waals surface area contributed by atoms with Crippen molar-refractivity contribution in [1.29, 1.82) is 0 Å². The van der Waals surface area contributed by atoms with Crippen LogP contribution in [0.1, 0.15) is 19.8 Å². The summed E-state index contributed by atoms with van der Waals surface area (Å²) in [5.41, 5.74) is 0. The summed E-state index contributed by atoms with van der Waals surface area (Å²) in [5.74, 6) is 0.200. The van der Waals surface area contributed by atoms with E-state index in [0.717, 1.165) is 19.1 Å². The van der Waals surface area contributed by atoms with Crippen LogP contribution in [-0.4, -0.2) is 49.2 Å². The van der Waals surface area contributed by atoms with Crippen molar-refractivity contribution in [3.05, 3.63) is 0 Å². The van der Waals surface area contributed by atoms with Gasteiger partial charge in [-0.1, -0.05) is 15.9 Å². The van der Waals surface area contributed by atoms with Gasteiger partial charge in [0, 0.05) is 24.7 Å². The lowest BCUT2D eigenvalue weighted by atomic mass is 9.85. The Balaban J connectivity index is 2.48. The second-order valence-electron chi connectivity index (χ2n) is 4.63. The molecule has 0 heterocycles. The van der Waals surface area contributed by atoms with E-state index in [-0.39, 0.29) is 5.91 Å². The predicted molar refractivity (Wildman–Crippen MR) is 67.4 cm³/mol. The van der Waals surface area contributed by atoms with E-state index in [2.05, 4.69) is 15.9 Å². The molecule has 16 heavy (non-hydrogen) atoms. The van der Waals surface area contributed by atoms with Gasteiger partial charge in [-0.2, -0.15) is 0 Å². The van der Waals surface area contributed by atoms with Gasteiger partial charge >= 0.3 is 0 Å². The third kappa shape index (κ3) is 3.45. The molecule has 1 atom stereocenters. The highest BCUT2D eigenvalue weighted by atomic mass is 79.9. The molecule has 0 saturated heterocycles. The Morgan fingerprint density at radius 2 is 2.00 bits per heavy atom. The summed E-state index contributed by atoms with van der Waals surface area (Å²) in [6.07, 6.45) is 3.22. The Morgan fingerprint density at radius 3 is 2.38 bits per heavy atom. The summed E-state index contributed by atoms with van der Waals surface area (Å²) in [5, 5.41) is -0.933. The number of nitrogens with zero attached hydrogens (tertiary/aromatic N) is 1. The molecule has 1 amide bonds. The second-order valence-corrected chi connectivity index (χ2v) is 8.29. The third-order valence-corrected chi connectivity index (χ3v) is 5.31. The maximum atomic E-state index is 11.8. The summed E-state index contributed by atoms with van der Waals surface area (Å²) in [4.78, 5) is 13.9. The van der Waals surface area contributed by atoms with E-state index < -0.39 is 15.1 Å². The topological polar surface area (TPSA) is 54.5 Å². The van der Waals surface area contributed by atoms with E-state index in [4.69, 9.17) is 0 Å². The molecule has 94 valence electrons. The lowest BCUT2D eigenvalue weighted by Gasteiger charge is -2.34. The number of hydrogen-bond donors (Lipinski definition) is 0. The molecule has 0 aromatic carbocycles. The molecule has 6 heteroatoms. The van der Waals surface area contributed by atoms with Crippen LogP contribution < -0.4 is 0 Å². The first-order valence-corrected chi connectivity index (χ1v) is 8.16. The zero-order chi connectivity index (χ0) is 12.5. The zero-order valence-corrected chi connectivity index (χ0v) is 12.2. The molecular formula is C10H18BrNO3S. The minimum atomic E-state index is -3.28. The maximum absolute atomic E-state index is 11.8. The molecule has 1 rings (SSSR count). The lowest BCUT2D eigenvalue weighted by molar-refractivity contribution is -0.130. The number of rotatable bonds is 4. The summed E-state index contributed by atoms with van der Waals surface area (Å²) < 4.78 is 22.5. The van der Waals surface area contributed by atoms with Crippen LogP contribution in [0, 0.1) is 5.92 Å². The van der Waals surface area contributed by atoms with Gasteiger partial charge < -0.3 is 4.90 Å². The lowest BCUT2D eigenvalue weighted by Crippen LogP contribution is -2.43. The first-order chi connectivity index (χ1) is 7.21. The predicted octanol–water partition coefficient (Wildman–Crippen LogP) is 1.05. The molecule has 1 saturated carbocycles. The highest BCUT2D eigenvalue weighted by Gasteiger charge is 2.32. The van der Waals surface area contributed by atoms with E-state index in [0.29, 0.717) is 17.3 Å². The first kappa shape index (κ1) is 14.0. The van der Waals surface area contributed by atoms with Crippen molar-refractivity contribution in [3.63, 3.8) is 0 Å². The van der Waals surface area contributed by atoms with Crippen molar-refractivity contribution in [2.45, 2.75) is 29.8 Å². The van der Waals surface area contributed by atoms with Crippen LogP contribution in [0.3, 0.4) is 0 Å². The fraction of sp³-hybridized carbons (Fsp3) is 0.900. The van der Waals surface area contributed by atoms with Gasteiger partial charge in [-0.3, -0.25) is 4.79 Å². The van der Waals surface area contributed by atoms with Crippen molar-refractivity contribution in [2.75, 3.05) is 19.8 Å². The van der Waals surface area contributed by atoms with Gasteiger partial charge in [-0.25, -0.2) is 8.42 Å². The van der Waals surface area contributed by atoms with Crippen molar-refractivity contribution in [2.24, 2.45) is 5.92 Å². The van der Waals surface area contributed by atoms with Crippen molar-refractivity contribution >= 4 is 31.7 Å². The number of alkyl halides is 1. The Hall–Kier alpha value is -0.100. The van der Waals surface area contributed by atoms with E-state index in [1.165, 1.54) is 11.8 Å². The van der Waals surface area contributed by atoms with Crippen molar-refractivity contribution in [3.8, 4) is 0 Å². The Labute approximate surface area is 105 Å². The molecule has 1 unspecified atom stereocenters. The van der Waals surface area contributed by atoms with Gasteiger partial charge in [-0.05, 0) is 25.7 Å². The van der Waals surface area contributed by atoms with Gasteiger partial charge in [0.1, 0.15) is 5.25 Å². The minimum absolute atomic E-state index is 0.305. The van der Waals surface area contributed by atoms with Gasteiger partial charge in [0.2, 0.25) is 5.91 Å². The van der Waals surface area contributed by atoms with E-state index in [1.54, 1.807) is 7.05 Å². The van der Waals surface area contributed by atoms with Crippen LogP contribution in [0.4, 0.5) is 0 Å². The van der Waals surface area contributed by atoms with Gasteiger partial charge in [-0.15, -0.1) is 0 Å². The Bertz CT molecular complexity index is 362. The maximum Gasteiger partial charge on any atom is 0.240 e. The van der Waals surface area contributed by atoms with E-state index in [9.17, 15) is 13.2 Å². The van der Waals surface area contributed by atoms with Crippen LogP contribution in [-0.2, 0) is 14.6 Å². The molecule has 0 spiro atoms. The molecule has 1 fully saturated rings. The number of amides is 1. The fourth-order valence-electron chi connectivity index (χ4n) is 1.77. The molecule has 4 nitrogen and oxygen atoms in total. The molecule has 0 bridgehead atoms. The smallest absolute Gasteiger partial charge is 0.240 e. The number of sulfone groups is 1. The molecule has 0 aromatic heterocycles.